The van der Waals surface area contributed by atoms with Crippen molar-refractivity contribution in [3.63, 3.8) is 0 Å². The smallest absolute Gasteiger partial charge is 0.263 e. The van der Waals surface area contributed by atoms with Crippen LogP contribution in [0.1, 0.15) is 26.2 Å². The summed E-state index contributed by atoms with van der Waals surface area (Å²) in [7, 11) is 0. The van der Waals surface area contributed by atoms with Crippen LogP contribution in [0.25, 0.3) is 0 Å². The molecule has 1 aromatic carbocycles. The first-order valence-corrected chi connectivity index (χ1v) is 6.48. The average Bonchev–Trinajstić information content (AvgIpc) is 2.43. The first-order valence-electron chi connectivity index (χ1n) is 6.48. The van der Waals surface area contributed by atoms with E-state index >= 15 is 0 Å². The maximum Gasteiger partial charge on any atom is 0.263 e. The van der Waals surface area contributed by atoms with Gasteiger partial charge in [-0.1, -0.05) is 0 Å². The van der Waals surface area contributed by atoms with Crippen molar-refractivity contribution in [2.24, 2.45) is 0 Å². The fourth-order valence-electron chi connectivity index (χ4n) is 2.18. The molecule has 0 saturated carbocycles. The summed E-state index contributed by atoms with van der Waals surface area (Å²) in [4.78, 5) is 13.8. The van der Waals surface area contributed by atoms with E-state index < -0.39 is 17.7 Å². The summed E-state index contributed by atoms with van der Waals surface area (Å²) in [5.74, 6) is -1.85. The summed E-state index contributed by atoms with van der Waals surface area (Å²) >= 11 is 0. The third kappa shape index (κ3) is 3.43. The molecular formula is C14H17F2NO2. The number of nitrogens with zero attached hydrogens (tertiary/aromatic N) is 1. The first kappa shape index (κ1) is 13.8. The Hall–Kier alpha value is -1.65. The van der Waals surface area contributed by atoms with Gasteiger partial charge in [-0.05, 0) is 38.3 Å². The second-order valence-corrected chi connectivity index (χ2v) is 4.72. The van der Waals surface area contributed by atoms with E-state index in [1.807, 2.05) is 0 Å². The third-order valence-electron chi connectivity index (χ3n) is 3.22. The number of carbonyl (C=O) groups is 1. The standard InChI is InChI=1S/C14H17F2NO2/c1-10(14(18)17-7-3-2-4-8-17)19-11-5-6-12(15)13(16)9-11/h5-6,9-10H,2-4,7-8H2,1H3. The van der Waals surface area contributed by atoms with Crippen molar-refractivity contribution < 1.29 is 18.3 Å². The van der Waals surface area contributed by atoms with Crippen LogP contribution in [0.4, 0.5) is 8.78 Å². The molecule has 0 aliphatic carbocycles. The Bertz CT molecular complexity index is 459. The quantitative estimate of drug-likeness (QED) is 0.844. The lowest BCUT2D eigenvalue weighted by Gasteiger charge is -2.29. The van der Waals surface area contributed by atoms with Crippen molar-refractivity contribution in [1.29, 1.82) is 0 Å². The van der Waals surface area contributed by atoms with Gasteiger partial charge in [-0.3, -0.25) is 4.79 Å². The summed E-state index contributed by atoms with van der Waals surface area (Å²) in [6, 6.07) is 3.26. The molecule has 1 saturated heterocycles. The number of halogens is 2. The van der Waals surface area contributed by atoms with Gasteiger partial charge in [-0.25, -0.2) is 8.78 Å². The Labute approximate surface area is 111 Å². The number of hydrogen-bond donors (Lipinski definition) is 0. The number of carbonyl (C=O) groups excluding carboxylic acids is 1. The van der Waals surface area contributed by atoms with E-state index in [-0.39, 0.29) is 11.7 Å². The highest BCUT2D eigenvalue weighted by Crippen LogP contribution is 2.18. The molecule has 0 N–H and O–H groups in total. The molecule has 1 aliphatic heterocycles. The molecule has 0 aromatic heterocycles. The van der Waals surface area contributed by atoms with Crippen LogP contribution in [0.3, 0.4) is 0 Å². The lowest BCUT2D eigenvalue weighted by Crippen LogP contribution is -2.43. The van der Waals surface area contributed by atoms with Crippen molar-refractivity contribution in [1.82, 2.24) is 4.90 Å². The minimum atomic E-state index is -0.977. The Kier molecular flexibility index (Phi) is 4.35. The van der Waals surface area contributed by atoms with Gasteiger partial charge < -0.3 is 9.64 Å². The number of benzene rings is 1. The summed E-state index contributed by atoms with van der Waals surface area (Å²) < 4.78 is 31.2. The second-order valence-electron chi connectivity index (χ2n) is 4.72. The number of ether oxygens (including phenoxy) is 1. The van der Waals surface area contributed by atoms with E-state index in [1.165, 1.54) is 6.07 Å². The molecule has 0 spiro atoms. The van der Waals surface area contributed by atoms with Gasteiger partial charge >= 0.3 is 0 Å². The molecule has 1 atom stereocenters. The summed E-state index contributed by atoms with van der Waals surface area (Å²) in [6.45, 7) is 3.10. The number of hydrogen-bond acceptors (Lipinski definition) is 2. The maximum atomic E-state index is 13.0. The SMILES string of the molecule is CC(Oc1ccc(F)c(F)c1)C(=O)N1CCCCC1. The largest absolute Gasteiger partial charge is 0.481 e. The Morgan fingerprint density at radius 2 is 1.89 bits per heavy atom. The van der Waals surface area contributed by atoms with E-state index in [0.29, 0.717) is 0 Å². The van der Waals surface area contributed by atoms with Crippen LogP contribution in [-0.4, -0.2) is 30.0 Å². The fraction of sp³-hybridized carbons (Fsp3) is 0.500. The second kappa shape index (κ2) is 5.99. The maximum absolute atomic E-state index is 13.0. The zero-order valence-corrected chi connectivity index (χ0v) is 10.9. The van der Waals surface area contributed by atoms with Crippen LogP contribution >= 0.6 is 0 Å². The molecule has 5 heteroatoms. The van der Waals surface area contributed by atoms with Crippen LogP contribution in [-0.2, 0) is 4.79 Å². The zero-order valence-electron chi connectivity index (χ0n) is 10.9. The average molecular weight is 269 g/mol. The molecule has 3 nitrogen and oxygen atoms in total. The monoisotopic (exact) mass is 269 g/mol. The molecule has 1 heterocycles. The van der Waals surface area contributed by atoms with Gasteiger partial charge in [0, 0.05) is 19.2 Å². The normalized spacial score (nSPS) is 17.1. The molecule has 1 aliphatic rings. The molecule has 19 heavy (non-hydrogen) atoms. The molecule has 1 aromatic rings. The number of likely N-dealkylation sites (tertiary alicyclic amines) is 1. The molecular weight excluding hydrogens is 252 g/mol. The minimum absolute atomic E-state index is 0.107. The van der Waals surface area contributed by atoms with Crippen molar-refractivity contribution in [3.05, 3.63) is 29.8 Å². The van der Waals surface area contributed by atoms with Crippen LogP contribution in [0, 0.1) is 11.6 Å². The van der Waals surface area contributed by atoms with E-state index in [1.54, 1.807) is 11.8 Å². The Morgan fingerprint density at radius 3 is 2.53 bits per heavy atom. The highest BCUT2D eigenvalue weighted by Gasteiger charge is 2.23. The van der Waals surface area contributed by atoms with Gasteiger partial charge in [0.2, 0.25) is 0 Å². The first-order chi connectivity index (χ1) is 9.08. The van der Waals surface area contributed by atoms with E-state index in [4.69, 9.17) is 4.74 Å². The van der Waals surface area contributed by atoms with Gasteiger partial charge in [0.15, 0.2) is 17.7 Å². The minimum Gasteiger partial charge on any atom is -0.481 e. The van der Waals surface area contributed by atoms with Gasteiger partial charge in [-0.2, -0.15) is 0 Å². The molecule has 1 fully saturated rings. The summed E-state index contributed by atoms with van der Waals surface area (Å²) in [6.07, 6.45) is 2.46. The van der Waals surface area contributed by atoms with Crippen LogP contribution in [0.5, 0.6) is 5.75 Å². The summed E-state index contributed by atoms with van der Waals surface area (Å²) in [5.41, 5.74) is 0. The molecule has 1 amide bonds. The number of amides is 1. The molecule has 0 bridgehead atoms. The Morgan fingerprint density at radius 1 is 1.21 bits per heavy atom. The predicted molar refractivity (Wildman–Crippen MR) is 66.9 cm³/mol. The van der Waals surface area contributed by atoms with Crippen molar-refractivity contribution >= 4 is 5.91 Å². The van der Waals surface area contributed by atoms with Gasteiger partial charge in [0.05, 0.1) is 0 Å². The highest BCUT2D eigenvalue weighted by molar-refractivity contribution is 5.81. The fourth-order valence-corrected chi connectivity index (χ4v) is 2.18. The number of piperidine rings is 1. The third-order valence-corrected chi connectivity index (χ3v) is 3.22. The van der Waals surface area contributed by atoms with Crippen LogP contribution in [0.2, 0.25) is 0 Å². The number of rotatable bonds is 3. The van der Waals surface area contributed by atoms with Crippen molar-refractivity contribution in [3.8, 4) is 5.75 Å². The lowest BCUT2D eigenvalue weighted by molar-refractivity contribution is -0.138. The lowest BCUT2D eigenvalue weighted by atomic mass is 10.1. The molecule has 104 valence electrons. The highest BCUT2D eigenvalue weighted by atomic mass is 19.2. The molecule has 1 unspecified atom stereocenters. The van der Waals surface area contributed by atoms with Crippen molar-refractivity contribution in [2.45, 2.75) is 32.3 Å². The van der Waals surface area contributed by atoms with Gasteiger partial charge in [0.1, 0.15) is 5.75 Å². The predicted octanol–water partition coefficient (Wildman–Crippen LogP) is 2.74. The van der Waals surface area contributed by atoms with Crippen LogP contribution < -0.4 is 4.74 Å². The molecule has 2 rings (SSSR count). The van der Waals surface area contributed by atoms with E-state index in [2.05, 4.69) is 0 Å². The van der Waals surface area contributed by atoms with E-state index in [0.717, 1.165) is 44.5 Å². The van der Waals surface area contributed by atoms with E-state index in [9.17, 15) is 13.6 Å². The zero-order chi connectivity index (χ0) is 13.8. The van der Waals surface area contributed by atoms with Gasteiger partial charge in [-0.15, -0.1) is 0 Å². The van der Waals surface area contributed by atoms with Gasteiger partial charge in [0.25, 0.3) is 5.91 Å². The Balaban J connectivity index is 1.97. The van der Waals surface area contributed by atoms with Crippen LogP contribution in [0.15, 0.2) is 18.2 Å². The molecule has 0 radical (unpaired) electrons. The summed E-state index contributed by atoms with van der Waals surface area (Å²) in [5, 5.41) is 0. The van der Waals surface area contributed by atoms with Crippen molar-refractivity contribution in [2.75, 3.05) is 13.1 Å². The topological polar surface area (TPSA) is 29.5 Å².